The van der Waals surface area contributed by atoms with Crippen LogP contribution >= 0.6 is 0 Å². The van der Waals surface area contributed by atoms with Crippen molar-refractivity contribution in [1.29, 1.82) is 0 Å². The molecule has 0 radical (unpaired) electrons. The van der Waals surface area contributed by atoms with Crippen molar-refractivity contribution in [3.63, 3.8) is 0 Å². The topological polar surface area (TPSA) is 76.5 Å². The molecule has 5 rings (SSSR count). The average Bonchev–Trinajstić information content (AvgIpc) is 2.95. The fraction of sp³-hybridized carbons (Fsp3) is 0.333. The van der Waals surface area contributed by atoms with E-state index in [4.69, 9.17) is 5.73 Å². The van der Waals surface area contributed by atoms with Crippen molar-refractivity contribution >= 4 is 5.69 Å². The minimum absolute atomic E-state index is 0.0681. The summed E-state index contributed by atoms with van der Waals surface area (Å²) in [4.78, 5) is 32.0. The third-order valence-electron chi connectivity index (χ3n) is 8.02. The average molecular weight is 574 g/mol. The SMILES string of the molecule is Cc1cc(C)cc(CN2CCN(c3c(C)n(Cc4c(F)cccc4F)c(=O)n(C[C@@H](N)c4ccccc4)c3=O)CC2)c1. The first kappa shape index (κ1) is 29.4. The van der Waals surface area contributed by atoms with Gasteiger partial charge in [0, 0.05) is 50.0 Å². The lowest BCUT2D eigenvalue weighted by Crippen LogP contribution is -2.51. The molecule has 1 saturated heterocycles. The summed E-state index contributed by atoms with van der Waals surface area (Å²) in [5.41, 5.74) is 10.3. The fourth-order valence-corrected chi connectivity index (χ4v) is 5.89. The summed E-state index contributed by atoms with van der Waals surface area (Å²) in [5.74, 6) is -1.50. The predicted molar refractivity (Wildman–Crippen MR) is 162 cm³/mol. The lowest BCUT2D eigenvalue weighted by Gasteiger charge is -2.37. The predicted octanol–water partition coefficient (Wildman–Crippen LogP) is 4.28. The highest BCUT2D eigenvalue weighted by Gasteiger charge is 2.26. The van der Waals surface area contributed by atoms with Crippen LogP contribution in [0.2, 0.25) is 0 Å². The molecule has 4 aromatic rings. The molecule has 0 spiro atoms. The Morgan fingerprint density at radius 2 is 1.40 bits per heavy atom. The van der Waals surface area contributed by atoms with Gasteiger partial charge in [-0.05, 0) is 44.0 Å². The van der Waals surface area contributed by atoms with Crippen molar-refractivity contribution in [2.75, 3.05) is 31.1 Å². The Labute approximate surface area is 244 Å². The molecule has 2 heterocycles. The van der Waals surface area contributed by atoms with E-state index in [2.05, 4.69) is 36.9 Å². The second kappa shape index (κ2) is 12.4. The van der Waals surface area contributed by atoms with Crippen LogP contribution in [0.5, 0.6) is 0 Å². The molecule has 0 saturated carbocycles. The second-order valence-electron chi connectivity index (χ2n) is 11.2. The zero-order valence-corrected chi connectivity index (χ0v) is 24.3. The largest absolute Gasteiger partial charge is 0.363 e. The molecular weight excluding hydrogens is 536 g/mol. The number of hydrogen-bond donors (Lipinski definition) is 1. The number of anilines is 1. The number of rotatable bonds is 8. The molecule has 0 aliphatic carbocycles. The molecule has 1 aliphatic rings. The normalized spacial score (nSPS) is 14.8. The molecule has 1 aromatic heterocycles. The van der Waals surface area contributed by atoms with E-state index in [1.165, 1.54) is 27.3 Å². The van der Waals surface area contributed by atoms with Crippen LogP contribution in [0.1, 0.15) is 39.6 Å². The maximum Gasteiger partial charge on any atom is 0.331 e. The van der Waals surface area contributed by atoms with Crippen LogP contribution in [-0.4, -0.2) is 40.2 Å². The van der Waals surface area contributed by atoms with Gasteiger partial charge in [0.1, 0.15) is 17.3 Å². The molecule has 220 valence electrons. The van der Waals surface area contributed by atoms with Crippen molar-refractivity contribution in [2.45, 2.75) is 46.4 Å². The van der Waals surface area contributed by atoms with Crippen LogP contribution in [0.15, 0.2) is 76.3 Å². The number of nitrogens with zero attached hydrogens (tertiary/aromatic N) is 4. The van der Waals surface area contributed by atoms with Gasteiger partial charge < -0.3 is 10.6 Å². The lowest BCUT2D eigenvalue weighted by molar-refractivity contribution is 0.249. The Bertz CT molecular complexity index is 1650. The quantitative estimate of drug-likeness (QED) is 0.341. The number of hydrogen-bond acceptors (Lipinski definition) is 5. The minimum atomic E-state index is -0.749. The number of aryl methyl sites for hydroxylation is 2. The Kier molecular flexibility index (Phi) is 8.70. The van der Waals surface area contributed by atoms with Gasteiger partial charge in [-0.1, -0.05) is 65.7 Å². The highest BCUT2D eigenvalue weighted by atomic mass is 19.1. The Morgan fingerprint density at radius 3 is 2.02 bits per heavy atom. The van der Waals surface area contributed by atoms with Crippen molar-refractivity contribution in [2.24, 2.45) is 5.73 Å². The summed E-state index contributed by atoms with van der Waals surface area (Å²) in [6, 6.07) is 18.7. The molecule has 0 amide bonds. The monoisotopic (exact) mass is 573 g/mol. The Balaban J connectivity index is 1.49. The molecular formula is C33H37F2N5O2. The third kappa shape index (κ3) is 6.22. The van der Waals surface area contributed by atoms with Gasteiger partial charge in [0.05, 0.1) is 13.1 Å². The van der Waals surface area contributed by atoms with Crippen LogP contribution in [0.25, 0.3) is 0 Å². The van der Waals surface area contributed by atoms with Gasteiger partial charge in [-0.25, -0.2) is 13.6 Å². The number of halogens is 2. The first-order chi connectivity index (χ1) is 20.1. The molecule has 1 fully saturated rings. The van der Waals surface area contributed by atoms with Crippen molar-refractivity contribution < 1.29 is 8.78 Å². The van der Waals surface area contributed by atoms with E-state index in [0.717, 1.165) is 41.9 Å². The summed E-state index contributed by atoms with van der Waals surface area (Å²) in [6.07, 6.45) is 0. The van der Waals surface area contributed by atoms with Crippen molar-refractivity contribution in [3.8, 4) is 0 Å². The zero-order valence-electron chi connectivity index (χ0n) is 24.3. The van der Waals surface area contributed by atoms with Gasteiger partial charge in [-0.2, -0.15) is 0 Å². The first-order valence-corrected chi connectivity index (χ1v) is 14.2. The number of nitrogens with two attached hydrogens (primary N) is 1. The van der Waals surface area contributed by atoms with Crippen molar-refractivity contribution in [3.05, 3.63) is 133 Å². The van der Waals surface area contributed by atoms with Gasteiger partial charge in [0.15, 0.2) is 0 Å². The van der Waals surface area contributed by atoms with Crippen LogP contribution < -0.4 is 21.9 Å². The highest BCUT2D eigenvalue weighted by molar-refractivity contribution is 5.50. The maximum atomic E-state index is 14.7. The van der Waals surface area contributed by atoms with Crippen LogP contribution in [0, 0.1) is 32.4 Å². The Morgan fingerprint density at radius 1 is 0.786 bits per heavy atom. The van der Waals surface area contributed by atoms with Crippen LogP contribution in [-0.2, 0) is 19.6 Å². The molecule has 3 aromatic carbocycles. The first-order valence-electron chi connectivity index (χ1n) is 14.2. The summed E-state index contributed by atoms with van der Waals surface area (Å²) in [5, 5.41) is 0. The van der Waals surface area contributed by atoms with E-state index < -0.39 is 28.9 Å². The number of aromatic nitrogens is 2. The summed E-state index contributed by atoms with van der Waals surface area (Å²) >= 11 is 0. The number of piperazine rings is 1. The van der Waals surface area contributed by atoms with Gasteiger partial charge in [0.25, 0.3) is 5.56 Å². The molecule has 0 bridgehead atoms. The van der Waals surface area contributed by atoms with E-state index in [0.29, 0.717) is 24.5 Å². The third-order valence-corrected chi connectivity index (χ3v) is 8.02. The van der Waals surface area contributed by atoms with E-state index in [9.17, 15) is 18.4 Å². The smallest absolute Gasteiger partial charge is 0.331 e. The molecule has 42 heavy (non-hydrogen) atoms. The van der Waals surface area contributed by atoms with Gasteiger partial charge in [0.2, 0.25) is 0 Å². The lowest BCUT2D eigenvalue weighted by atomic mass is 10.1. The summed E-state index contributed by atoms with van der Waals surface area (Å²) in [6.45, 7) is 8.81. The van der Waals surface area contributed by atoms with Gasteiger partial charge >= 0.3 is 5.69 Å². The number of benzene rings is 3. The van der Waals surface area contributed by atoms with Crippen molar-refractivity contribution in [1.82, 2.24) is 14.0 Å². The molecule has 7 nitrogen and oxygen atoms in total. The molecule has 2 N–H and O–H groups in total. The van der Waals surface area contributed by atoms with E-state index in [-0.39, 0.29) is 18.7 Å². The van der Waals surface area contributed by atoms with Crippen LogP contribution in [0.3, 0.4) is 0 Å². The molecule has 1 aliphatic heterocycles. The van der Waals surface area contributed by atoms with Gasteiger partial charge in [-0.3, -0.25) is 18.8 Å². The van der Waals surface area contributed by atoms with E-state index >= 15 is 0 Å². The molecule has 1 atom stereocenters. The van der Waals surface area contributed by atoms with E-state index in [1.54, 1.807) is 6.92 Å². The maximum absolute atomic E-state index is 14.7. The van der Waals surface area contributed by atoms with Gasteiger partial charge in [-0.15, -0.1) is 0 Å². The van der Waals surface area contributed by atoms with Crippen LogP contribution in [0.4, 0.5) is 14.5 Å². The fourth-order valence-electron chi connectivity index (χ4n) is 5.89. The second-order valence-corrected chi connectivity index (χ2v) is 11.2. The summed E-state index contributed by atoms with van der Waals surface area (Å²) in [7, 11) is 0. The Hall–Kier alpha value is -4.08. The standard InChI is InChI=1S/C33H37F2N5O2/c1-22-16-23(2)18-25(17-22)19-37-12-14-38(15-13-37)31-24(3)39(20-27-28(34)10-7-11-29(27)35)33(42)40(32(31)41)21-30(36)26-8-5-4-6-9-26/h4-11,16-18,30H,12-15,19-21,36H2,1-3H3/t30-/m1/s1. The highest BCUT2D eigenvalue weighted by Crippen LogP contribution is 2.21. The van der Waals surface area contributed by atoms with E-state index in [1.807, 2.05) is 35.2 Å². The summed E-state index contributed by atoms with van der Waals surface area (Å²) < 4.78 is 31.8. The minimum Gasteiger partial charge on any atom is -0.363 e. The molecule has 9 heteroatoms. The molecule has 0 unspecified atom stereocenters. The zero-order chi connectivity index (χ0) is 30.0.